The summed E-state index contributed by atoms with van der Waals surface area (Å²) in [6, 6.07) is 13.1. The normalized spacial score (nSPS) is 10.7. The van der Waals surface area contributed by atoms with Gasteiger partial charge in [-0.3, -0.25) is 4.79 Å². The summed E-state index contributed by atoms with van der Waals surface area (Å²) in [5.41, 5.74) is 1.29. The molecule has 1 amide bonds. The summed E-state index contributed by atoms with van der Waals surface area (Å²) in [6.45, 7) is 0. The van der Waals surface area contributed by atoms with Crippen molar-refractivity contribution in [1.82, 2.24) is 0 Å². The fraction of sp³-hybridized carbons (Fsp3) is 0.105. The molecule has 2 N–H and O–H groups in total. The molecule has 0 aromatic heterocycles. The van der Waals surface area contributed by atoms with Gasteiger partial charge in [0.05, 0.1) is 20.3 Å². The Hall–Kier alpha value is -3.32. The van der Waals surface area contributed by atoms with Crippen LogP contribution in [0.4, 0.5) is 11.4 Å². The topological polar surface area (TPSA) is 93.7 Å². The number of nitrogens with one attached hydrogen (secondary N) is 2. The Morgan fingerprint density at radius 3 is 2.15 bits per heavy atom. The lowest BCUT2D eigenvalue weighted by Gasteiger charge is -2.11. The molecule has 0 fully saturated rings. The predicted molar refractivity (Wildman–Crippen MR) is 102 cm³/mol. The van der Waals surface area contributed by atoms with Gasteiger partial charge in [0.1, 0.15) is 5.70 Å². The van der Waals surface area contributed by atoms with Crippen molar-refractivity contribution in [3.8, 4) is 0 Å². The van der Waals surface area contributed by atoms with E-state index in [4.69, 9.17) is 11.6 Å². The molecule has 27 heavy (non-hydrogen) atoms. The van der Waals surface area contributed by atoms with Crippen LogP contribution in [0.5, 0.6) is 0 Å². The highest BCUT2D eigenvalue weighted by atomic mass is 35.5. The molecule has 0 heterocycles. The highest BCUT2D eigenvalue weighted by Gasteiger charge is 2.13. The van der Waals surface area contributed by atoms with Crippen molar-refractivity contribution in [2.45, 2.75) is 0 Å². The van der Waals surface area contributed by atoms with Crippen LogP contribution in [-0.4, -0.2) is 32.1 Å². The Morgan fingerprint density at radius 1 is 0.926 bits per heavy atom. The molecular formula is C19H17ClN2O5. The quantitative estimate of drug-likeness (QED) is 0.583. The molecule has 0 saturated heterocycles. The fourth-order valence-electron chi connectivity index (χ4n) is 2.07. The minimum Gasteiger partial charge on any atom is -0.466 e. The van der Waals surface area contributed by atoms with Crippen molar-refractivity contribution in [3.05, 3.63) is 70.9 Å². The van der Waals surface area contributed by atoms with E-state index in [1.54, 1.807) is 48.5 Å². The van der Waals surface area contributed by atoms with E-state index in [2.05, 4.69) is 20.1 Å². The number of carbonyl (C=O) groups excluding carboxylic acids is 3. The van der Waals surface area contributed by atoms with E-state index in [0.717, 1.165) is 6.08 Å². The highest BCUT2D eigenvalue weighted by molar-refractivity contribution is 6.30. The van der Waals surface area contributed by atoms with E-state index < -0.39 is 11.9 Å². The lowest BCUT2D eigenvalue weighted by atomic mass is 10.2. The molecule has 0 radical (unpaired) electrons. The zero-order chi connectivity index (χ0) is 19.8. The average Bonchev–Trinajstić information content (AvgIpc) is 2.67. The summed E-state index contributed by atoms with van der Waals surface area (Å²) in [6.07, 6.45) is 0.977. The lowest BCUT2D eigenvalue weighted by molar-refractivity contribution is -0.138. The first-order valence-electron chi connectivity index (χ1n) is 7.75. The van der Waals surface area contributed by atoms with Crippen molar-refractivity contribution >= 4 is 40.8 Å². The summed E-state index contributed by atoms with van der Waals surface area (Å²) in [5, 5.41) is 6.04. The van der Waals surface area contributed by atoms with Crippen LogP contribution < -0.4 is 10.6 Å². The third kappa shape index (κ3) is 5.86. The second-order valence-electron chi connectivity index (χ2n) is 5.24. The molecule has 0 spiro atoms. The number of amides is 1. The summed E-state index contributed by atoms with van der Waals surface area (Å²) in [5.74, 6) is -1.77. The van der Waals surface area contributed by atoms with Gasteiger partial charge >= 0.3 is 11.9 Å². The van der Waals surface area contributed by atoms with Crippen LogP contribution in [-0.2, 0) is 19.1 Å². The van der Waals surface area contributed by atoms with E-state index in [1.807, 2.05) is 0 Å². The van der Waals surface area contributed by atoms with Gasteiger partial charge in [-0.05, 0) is 42.5 Å². The lowest BCUT2D eigenvalue weighted by Crippen LogP contribution is -2.16. The number of anilines is 2. The van der Waals surface area contributed by atoms with Crippen LogP contribution in [0.2, 0.25) is 5.02 Å². The van der Waals surface area contributed by atoms with Crippen LogP contribution in [0, 0.1) is 0 Å². The molecule has 0 atom stereocenters. The first-order valence-corrected chi connectivity index (χ1v) is 8.12. The second-order valence-corrected chi connectivity index (χ2v) is 5.68. The highest BCUT2D eigenvalue weighted by Crippen LogP contribution is 2.19. The Labute approximate surface area is 160 Å². The molecule has 0 aliphatic rings. The van der Waals surface area contributed by atoms with Crippen LogP contribution in [0.1, 0.15) is 10.4 Å². The number of ether oxygens (including phenoxy) is 2. The molecule has 0 aliphatic carbocycles. The SMILES string of the molecule is COC(=O)/C=C(/Nc1cccc(NC(=O)c2ccc(Cl)cc2)c1)C(=O)OC. The smallest absolute Gasteiger partial charge is 0.354 e. The van der Waals surface area contributed by atoms with Gasteiger partial charge in [-0.1, -0.05) is 17.7 Å². The van der Waals surface area contributed by atoms with Crippen molar-refractivity contribution < 1.29 is 23.9 Å². The van der Waals surface area contributed by atoms with Gasteiger partial charge < -0.3 is 20.1 Å². The van der Waals surface area contributed by atoms with Gasteiger partial charge in [0.15, 0.2) is 0 Å². The zero-order valence-electron chi connectivity index (χ0n) is 14.6. The molecule has 0 saturated carbocycles. The molecule has 8 heteroatoms. The number of halogens is 1. The van der Waals surface area contributed by atoms with Crippen LogP contribution >= 0.6 is 11.6 Å². The Balaban J connectivity index is 2.17. The number of hydrogen-bond acceptors (Lipinski definition) is 6. The number of rotatable bonds is 6. The molecule has 0 bridgehead atoms. The van der Waals surface area contributed by atoms with Crippen molar-refractivity contribution in [2.24, 2.45) is 0 Å². The van der Waals surface area contributed by atoms with E-state index in [1.165, 1.54) is 14.2 Å². The van der Waals surface area contributed by atoms with Gasteiger partial charge in [0, 0.05) is 22.0 Å². The minimum atomic E-state index is -0.740. The molecule has 2 rings (SSSR count). The number of benzene rings is 2. The average molecular weight is 389 g/mol. The Kier molecular flexibility index (Phi) is 6.96. The maximum Gasteiger partial charge on any atom is 0.354 e. The minimum absolute atomic E-state index is 0.106. The molecule has 2 aromatic carbocycles. The molecule has 0 unspecified atom stereocenters. The predicted octanol–water partition coefficient (Wildman–Crippen LogP) is 3.23. The van der Waals surface area contributed by atoms with Gasteiger partial charge in [0.2, 0.25) is 0 Å². The van der Waals surface area contributed by atoms with E-state index in [-0.39, 0.29) is 11.6 Å². The van der Waals surface area contributed by atoms with E-state index >= 15 is 0 Å². The van der Waals surface area contributed by atoms with E-state index in [0.29, 0.717) is 22.0 Å². The zero-order valence-corrected chi connectivity index (χ0v) is 15.4. The molecule has 140 valence electrons. The number of esters is 2. The maximum atomic E-state index is 12.3. The molecule has 2 aromatic rings. The van der Waals surface area contributed by atoms with Crippen molar-refractivity contribution in [1.29, 1.82) is 0 Å². The summed E-state index contributed by atoms with van der Waals surface area (Å²) in [7, 11) is 2.39. The Morgan fingerprint density at radius 2 is 1.56 bits per heavy atom. The summed E-state index contributed by atoms with van der Waals surface area (Å²) < 4.78 is 9.15. The van der Waals surface area contributed by atoms with Crippen LogP contribution in [0.25, 0.3) is 0 Å². The van der Waals surface area contributed by atoms with Crippen LogP contribution in [0.15, 0.2) is 60.3 Å². The first kappa shape index (κ1) is 20.0. The third-order valence-corrected chi connectivity index (χ3v) is 3.63. The first-order chi connectivity index (χ1) is 12.9. The van der Waals surface area contributed by atoms with Gasteiger partial charge in [-0.25, -0.2) is 9.59 Å². The van der Waals surface area contributed by atoms with E-state index in [9.17, 15) is 14.4 Å². The maximum absolute atomic E-state index is 12.3. The Bertz CT molecular complexity index is 878. The largest absolute Gasteiger partial charge is 0.466 e. The van der Waals surface area contributed by atoms with Gasteiger partial charge in [0.25, 0.3) is 5.91 Å². The van der Waals surface area contributed by atoms with Crippen molar-refractivity contribution in [3.63, 3.8) is 0 Å². The monoisotopic (exact) mass is 388 g/mol. The summed E-state index contributed by atoms with van der Waals surface area (Å²) in [4.78, 5) is 35.5. The third-order valence-electron chi connectivity index (χ3n) is 3.37. The van der Waals surface area contributed by atoms with Gasteiger partial charge in [-0.15, -0.1) is 0 Å². The number of methoxy groups -OCH3 is 2. The summed E-state index contributed by atoms with van der Waals surface area (Å²) >= 11 is 5.81. The van der Waals surface area contributed by atoms with Crippen molar-refractivity contribution in [2.75, 3.05) is 24.9 Å². The second kappa shape index (κ2) is 9.40. The van der Waals surface area contributed by atoms with Crippen LogP contribution in [0.3, 0.4) is 0 Å². The molecule has 7 nitrogen and oxygen atoms in total. The fourth-order valence-corrected chi connectivity index (χ4v) is 2.19. The number of carbonyl (C=O) groups is 3. The molecular weight excluding hydrogens is 372 g/mol. The standard InChI is InChI=1S/C19H17ClN2O5/c1-26-17(23)11-16(19(25)27-2)21-14-4-3-5-15(10-14)22-18(24)12-6-8-13(20)9-7-12/h3-11,21H,1-2H3,(H,22,24)/b16-11+. The molecule has 0 aliphatic heterocycles. The van der Waals surface area contributed by atoms with Gasteiger partial charge in [-0.2, -0.15) is 0 Å². The number of hydrogen-bond donors (Lipinski definition) is 2.